The highest BCUT2D eigenvalue weighted by Gasteiger charge is 2.58. The van der Waals surface area contributed by atoms with Crippen LogP contribution in [0.1, 0.15) is 56.6 Å². The summed E-state index contributed by atoms with van der Waals surface area (Å²) in [5, 5.41) is 19.8. The number of aromatic nitrogens is 2. The Balaban J connectivity index is 1.16. The fourth-order valence-corrected chi connectivity index (χ4v) is 8.38. The molecule has 4 unspecified atom stereocenters. The number of carbonyl (C=O) groups is 1. The zero-order valence-electron chi connectivity index (χ0n) is 19.9. The second-order valence-electron chi connectivity index (χ2n) is 11.3. The van der Waals surface area contributed by atoms with Gasteiger partial charge in [-0.15, -0.1) is 0 Å². The third kappa shape index (κ3) is 4.06. The zero-order valence-corrected chi connectivity index (χ0v) is 20.8. The molecule has 5 N–H and O–H groups in total. The van der Waals surface area contributed by atoms with E-state index in [1.165, 1.54) is 6.07 Å². The Labute approximate surface area is 209 Å². The highest BCUT2D eigenvalue weighted by atomic mass is 32.2. The molecule has 0 spiro atoms. The third-order valence-electron chi connectivity index (χ3n) is 9.12. The number of nitrogens with one attached hydrogen (secondary N) is 2. The molecule has 194 valence electrons. The fourth-order valence-electron chi connectivity index (χ4n) is 7.99. The van der Waals surface area contributed by atoms with Crippen molar-refractivity contribution in [1.29, 1.82) is 0 Å². The predicted octanol–water partition coefficient (Wildman–Crippen LogP) is 1.84. The van der Waals surface area contributed by atoms with Gasteiger partial charge in [0.25, 0.3) is 10.2 Å². The van der Waals surface area contributed by atoms with Gasteiger partial charge in [-0.2, -0.15) is 8.42 Å². The molecule has 9 nitrogen and oxygen atoms in total. The van der Waals surface area contributed by atoms with Crippen molar-refractivity contribution in [3.8, 4) is 11.3 Å². The first-order valence-electron chi connectivity index (χ1n) is 12.7. The van der Waals surface area contributed by atoms with Crippen LogP contribution in [0, 0.1) is 29.0 Å². The van der Waals surface area contributed by atoms with Crippen LogP contribution in [0.4, 0.5) is 4.39 Å². The lowest BCUT2D eigenvalue weighted by Gasteiger charge is -2.61. The smallest absolute Gasteiger partial charge is 0.274 e. The van der Waals surface area contributed by atoms with Crippen LogP contribution in [-0.4, -0.2) is 47.7 Å². The number of imidazole rings is 1. The quantitative estimate of drug-likeness (QED) is 0.423. The molecule has 1 aromatic heterocycles. The van der Waals surface area contributed by atoms with Crippen molar-refractivity contribution in [1.82, 2.24) is 19.6 Å². The molecule has 11 heteroatoms. The SMILES string of the molecule is NS(=O)(=O)NCCC(=O)NC1C2CC3CC1CC(C(O)CC1c4c(F)cccc4-c4cncn41)(C3)C2. The Morgan fingerprint density at radius 2 is 2.03 bits per heavy atom. The number of benzene rings is 1. The molecular formula is C25H32FN5O4S. The minimum absolute atomic E-state index is 0.0312. The summed E-state index contributed by atoms with van der Waals surface area (Å²) in [7, 11) is -3.82. The molecule has 36 heavy (non-hydrogen) atoms. The second kappa shape index (κ2) is 8.61. The zero-order chi connectivity index (χ0) is 25.2. The van der Waals surface area contributed by atoms with Crippen LogP contribution in [0.25, 0.3) is 11.3 Å². The fraction of sp³-hybridized carbons (Fsp3) is 0.600. The maximum Gasteiger partial charge on any atom is 0.274 e. The number of nitrogens with zero attached hydrogens (tertiary/aromatic N) is 2. The molecule has 4 atom stereocenters. The number of halogens is 1. The topological polar surface area (TPSA) is 139 Å². The third-order valence-corrected chi connectivity index (χ3v) is 9.73. The van der Waals surface area contributed by atoms with Gasteiger partial charge in [0.1, 0.15) is 5.82 Å². The molecule has 1 aromatic carbocycles. The monoisotopic (exact) mass is 517 g/mol. The minimum atomic E-state index is -3.82. The Morgan fingerprint density at radius 3 is 2.75 bits per heavy atom. The summed E-state index contributed by atoms with van der Waals surface area (Å²) in [6, 6.07) is 4.85. The molecule has 4 fully saturated rings. The first kappa shape index (κ1) is 24.0. The van der Waals surface area contributed by atoms with E-state index in [0.29, 0.717) is 17.9 Å². The van der Waals surface area contributed by atoms with Crippen LogP contribution < -0.4 is 15.2 Å². The first-order valence-corrected chi connectivity index (χ1v) is 14.2. The molecule has 5 aliphatic rings. The Bertz CT molecular complexity index is 1280. The molecule has 4 saturated carbocycles. The van der Waals surface area contributed by atoms with E-state index in [1.54, 1.807) is 18.6 Å². The average Bonchev–Trinajstić information content (AvgIpc) is 3.38. The molecule has 2 heterocycles. The Kier molecular flexibility index (Phi) is 5.75. The molecule has 4 bridgehead atoms. The van der Waals surface area contributed by atoms with E-state index in [1.807, 2.05) is 10.6 Å². The summed E-state index contributed by atoms with van der Waals surface area (Å²) >= 11 is 0. The Hall–Kier alpha value is -2.34. The lowest BCUT2D eigenvalue weighted by molar-refractivity contribution is -0.145. The summed E-state index contributed by atoms with van der Waals surface area (Å²) in [5.74, 6) is 0.628. The summed E-state index contributed by atoms with van der Waals surface area (Å²) < 4.78 is 41.2. The highest BCUT2D eigenvalue weighted by molar-refractivity contribution is 7.87. The molecule has 7 rings (SSSR count). The number of aliphatic hydroxyl groups excluding tert-OH is 1. The van der Waals surface area contributed by atoms with Gasteiger partial charge in [0, 0.05) is 30.1 Å². The van der Waals surface area contributed by atoms with E-state index in [9.17, 15) is 22.7 Å². The van der Waals surface area contributed by atoms with Crippen LogP contribution in [-0.2, 0) is 15.0 Å². The van der Waals surface area contributed by atoms with Crippen molar-refractivity contribution < 1.29 is 22.7 Å². The van der Waals surface area contributed by atoms with Crippen LogP contribution in [0.15, 0.2) is 30.7 Å². The van der Waals surface area contributed by atoms with E-state index in [2.05, 4.69) is 15.0 Å². The van der Waals surface area contributed by atoms with Crippen LogP contribution >= 0.6 is 0 Å². The largest absolute Gasteiger partial charge is 0.392 e. The van der Waals surface area contributed by atoms with Gasteiger partial charge in [-0.3, -0.25) is 4.79 Å². The maximum absolute atomic E-state index is 14.9. The van der Waals surface area contributed by atoms with E-state index in [0.717, 1.165) is 43.4 Å². The van der Waals surface area contributed by atoms with Gasteiger partial charge >= 0.3 is 0 Å². The van der Waals surface area contributed by atoms with Crippen molar-refractivity contribution in [2.24, 2.45) is 28.3 Å². The predicted molar refractivity (Wildman–Crippen MR) is 130 cm³/mol. The van der Waals surface area contributed by atoms with E-state index < -0.39 is 16.3 Å². The number of hydrogen-bond acceptors (Lipinski definition) is 5. The number of rotatable bonds is 8. The molecule has 0 saturated heterocycles. The minimum Gasteiger partial charge on any atom is -0.392 e. The van der Waals surface area contributed by atoms with Crippen molar-refractivity contribution >= 4 is 16.1 Å². The van der Waals surface area contributed by atoms with E-state index in [-0.39, 0.29) is 54.0 Å². The van der Waals surface area contributed by atoms with Crippen LogP contribution in [0.2, 0.25) is 0 Å². The molecular weight excluding hydrogens is 485 g/mol. The lowest BCUT2D eigenvalue weighted by atomic mass is 9.46. The second-order valence-corrected chi connectivity index (χ2v) is 12.6. The first-order chi connectivity index (χ1) is 17.1. The van der Waals surface area contributed by atoms with Crippen molar-refractivity contribution in [2.75, 3.05) is 6.54 Å². The summed E-state index contributed by atoms with van der Waals surface area (Å²) in [6.07, 6.45) is 8.02. The standard InChI is InChI=1S/C25H32FN5O4S/c26-18-3-1-2-17-20-12-28-13-31(20)19(23(17)18)8-21(32)25-9-14-6-15(10-25)24(16(7-14)11-25)30-22(33)4-5-29-36(27,34)35/h1-3,12-16,19,21,24,29,32H,4-11H2,(H,30,33)(H2,27,34,35). The van der Waals surface area contributed by atoms with Gasteiger partial charge in [-0.25, -0.2) is 19.2 Å². The average molecular weight is 518 g/mol. The Morgan fingerprint density at radius 1 is 1.28 bits per heavy atom. The summed E-state index contributed by atoms with van der Waals surface area (Å²) in [6.45, 7) is -0.0341. The summed E-state index contributed by atoms with van der Waals surface area (Å²) in [5.41, 5.74) is 2.13. The van der Waals surface area contributed by atoms with Gasteiger partial charge in [-0.05, 0) is 67.8 Å². The molecule has 2 aromatic rings. The van der Waals surface area contributed by atoms with Crippen molar-refractivity contribution in [3.05, 3.63) is 42.1 Å². The number of nitrogens with two attached hydrogens (primary N) is 1. The number of fused-ring (bicyclic) bond motifs is 3. The van der Waals surface area contributed by atoms with Crippen molar-refractivity contribution in [2.45, 2.75) is 63.1 Å². The number of hydrogen-bond donors (Lipinski definition) is 4. The van der Waals surface area contributed by atoms with Gasteiger partial charge in [-0.1, -0.05) is 12.1 Å². The number of amides is 1. The van der Waals surface area contributed by atoms with Gasteiger partial charge < -0.3 is 15.0 Å². The number of carbonyl (C=O) groups excluding carboxylic acids is 1. The van der Waals surface area contributed by atoms with Gasteiger partial charge in [0.05, 0.1) is 30.4 Å². The van der Waals surface area contributed by atoms with Gasteiger partial charge in [0.2, 0.25) is 5.91 Å². The molecule has 4 aliphatic carbocycles. The maximum atomic E-state index is 14.9. The highest BCUT2D eigenvalue weighted by Crippen LogP contribution is 2.62. The van der Waals surface area contributed by atoms with Crippen molar-refractivity contribution in [3.63, 3.8) is 0 Å². The van der Waals surface area contributed by atoms with E-state index in [4.69, 9.17) is 5.14 Å². The molecule has 1 aliphatic heterocycles. The van der Waals surface area contributed by atoms with Gasteiger partial charge in [0.15, 0.2) is 0 Å². The van der Waals surface area contributed by atoms with Crippen LogP contribution in [0.3, 0.4) is 0 Å². The molecule has 0 radical (unpaired) electrons. The summed E-state index contributed by atoms with van der Waals surface area (Å²) in [4.78, 5) is 16.8. The normalized spacial score (nSPS) is 32.8. The van der Waals surface area contributed by atoms with E-state index >= 15 is 0 Å². The number of aliphatic hydroxyl groups is 1. The van der Waals surface area contributed by atoms with Crippen LogP contribution in [0.5, 0.6) is 0 Å². The lowest BCUT2D eigenvalue weighted by Crippen LogP contribution is -2.62. The molecule has 1 amide bonds.